The molecular weight excluding hydrogens is 295 g/mol. The predicted octanol–water partition coefficient (Wildman–Crippen LogP) is -0.229. The van der Waals surface area contributed by atoms with Gasteiger partial charge in [-0.25, -0.2) is 8.42 Å². The Morgan fingerprint density at radius 3 is 2.56 bits per heavy atom. The van der Waals surface area contributed by atoms with Crippen molar-refractivity contribution in [2.24, 2.45) is 0 Å². The van der Waals surface area contributed by atoms with Gasteiger partial charge < -0.3 is 4.55 Å². The van der Waals surface area contributed by atoms with Gasteiger partial charge in [-0.15, -0.1) is 11.3 Å². The van der Waals surface area contributed by atoms with Crippen LogP contribution in [0.3, 0.4) is 0 Å². The van der Waals surface area contributed by atoms with Gasteiger partial charge in [-0.3, -0.25) is 0 Å². The quantitative estimate of drug-likeness (QED) is 0.540. The molecule has 0 spiro atoms. The number of fused-ring (bicyclic) bond motifs is 1. The van der Waals surface area contributed by atoms with Crippen LogP contribution in [-0.4, -0.2) is 13.0 Å². The van der Waals surface area contributed by atoms with Gasteiger partial charge in [0, 0.05) is 9.72 Å². The molecule has 0 N–H and O–H groups in total. The maximum Gasteiger partial charge on any atom is 1.00 e. The fraction of sp³-hybridized carbons (Fsp3) is 0.111. The number of thiophene rings is 1. The standard InChI is InChI=1S/C9H7ClO3S2.K/c1-5-7-4-6(10)2-3-8(7)14-9(5)15(11,12)13;/h2-4H,1H3,(H,11,12,13);/q;+1/p-1. The summed E-state index contributed by atoms with van der Waals surface area (Å²) in [6.45, 7) is 1.61. The number of hydrogen-bond acceptors (Lipinski definition) is 4. The minimum atomic E-state index is -4.38. The van der Waals surface area contributed by atoms with Crippen LogP contribution in [0, 0.1) is 6.92 Å². The van der Waals surface area contributed by atoms with E-state index in [9.17, 15) is 13.0 Å². The molecule has 1 aromatic carbocycles. The Bertz CT molecular complexity index is 633. The summed E-state index contributed by atoms with van der Waals surface area (Å²) < 4.78 is 33.4. The smallest absolute Gasteiger partial charge is 0.743 e. The third-order valence-electron chi connectivity index (χ3n) is 2.08. The molecule has 2 aromatic rings. The summed E-state index contributed by atoms with van der Waals surface area (Å²) >= 11 is 6.77. The summed E-state index contributed by atoms with van der Waals surface area (Å²) in [4.78, 5) is 0. The second kappa shape index (κ2) is 5.34. The average molecular weight is 301 g/mol. The van der Waals surface area contributed by atoms with Crippen LogP contribution in [0.5, 0.6) is 0 Å². The van der Waals surface area contributed by atoms with Crippen LogP contribution in [0.1, 0.15) is 5.56 Å². The van der Waals surface area contributed by atoms with Gasteiger partial charge in [0.05, 0.1) is 0 Å². The van der Waals surface area contributed by atoms with Gasteiger partial charge in [0.2, 0.25) is 0 Å². The molecule has 1 aromatic heterocycles. The first kappa shape index (κ1) is 15.1. The topological polar surface area (TPSA) is 57.2 Å². The number of aryl methyl sites for hydroxylation is 1. The van der Waals surface area contributed by atoms with Crippen molar-refractivity contribution < 1.29 is 64.4 Å². The van der Waals surface area contributed by atoms with Gasteiger partial charge in [-0.05, 0) is 36.1 Å². The van der Waals surface area contributed by atoms with Crippen molar-refractivity contribution in [3.05, 3.63) is 28.8 Å². The Kier molecular flexibility index (Phi) is 5.03. The molecule has 0 radical (unpaired) electrons. The maximum atomic E-state index is 10.9. The van der Waals surface area contributed by atoms with E-state index >= 15 is 0 Å². The molecule has 0 aliphatic heterocycles. The molecule has 2 rings (SSSR count). The molecular formula is C9H6ClKO3S2. The third kappa shape index (κ3) is 2.88. The second-order valence-electron chi connectivity index (χ2n) is 3.11. The fourth-order valence-corrected chi connectivity index (χ4v) is 3.66. The van der Waals surface area contributed by atoms with Crippen LogP contribution < -0.4 is 51.4 Å². The van der Waals surface area contributed by atoms with E-state index in [1.807, 2.05) is 0 Å². The predicted molar refractivity (Wildman–Crippen MR) is 59.5 cm³/mol. The average Bonchev–Trinajstić information content (AvgIpc) is 2.43. The van der Waals surface area contributed by atoms with Gasteiger partial charge in [-0.2, -0.15) is 0 Å². The first-order valence-electron chi connectivity index (χ1n) is 4.04. The molecule has 80 valence electrons. The first-order chi connectivity index (χ1) is 6.89. The fourth-order valence-electron chi connectivity index (χ4n) is 1.41. The van der Waals surface area contributed by atoms with Gasteiger partial charge >= 0.3 is 51.4 Å². The van der Waals surface area contributed by atoms with Crippen LogP contribution in [0.15, 0.2) is 22.4 Å². The van der Waals surface area contributed by atoms with Crippen molar-refractivity contribution >= 4 is 43.1 Å². The van der Waals surface area contributed by atoms with E-state index in [4.69, 9.17) is 11.6 Å². The molecule has 0 atom stereocenters. The minimum Gasteiger partial charge on any atom is -0.743 e. The van der Waals surface area contributed by atoms with Crippen LogP contribution >= 0.6 is 22.9 Å². The van der Waals surface area contributed by atoms with Gasteiger partial charge in [0.1, 0.15) is 14.3 Å². The van der Waals surface area contributed by atoms with Crippen molar-refractivity contribution in [1.82, 2.24) is 0 Å². The number of hydrogen-bond donors (Lipinski definition) is 0. The van der Waals surface area contributed by atoms with E-state index in [1.54, 1.807) is 25.1 Å². The molecule has 0 saturated heterocycles. The SMILES string of the molecule is Cc1c(S(=O)(=O)[O-])sc2ccc(Cl)cc12.[K+]. The molecule has 16 heavy (non-hydrogen) atoms. The van der Waals surface area contributed by atoms with E-state index in [2.05, 4.69) is 0 Å². The Morgan fingerprint density at radius 2 is 2.00 bits per heavy atom. The molecule has 0 aliphatic rings. The van der Waals surface area contributed by atoms with Crippen LogP contribution in [0.2, 0.25) is 5.02 Å². The Labute approximate surface area is 145 Å². The monoisotopic (exact) mass is 300 g/mol. The molecule has 0 aliphatic carbocycles. The summed E-state index contributed by atoms with van der Waals surface area (Å²) in [5, 5.41) is 1.25. The molecule has 0 bridgehead atoms. The molecule has 7 heteroatoms. The van der Waals surface area contributed by atoms with Crippen LogP contribution in [0.4, 0.5) is 0 Å². The van der Waals surface area contributed by atoms with E-state index in [1.165, 1.54) is 0 Å². The number of rotatable bonds is 1. The van der Waals surface area contributed by atoms with Crippen LogP contribution in [0.25, 0.3) is 10.1 Å². The van der Waals surface area contributed by atoms with E-state index in [0.717, 1.165) is 21.4 Å². The summed E-state index contributed by atoms with van der Waals surface area (Å²) in [5.41, 5.74) is 0.479. The normalized spacial score (nSPS) is 11.4. The van der Waals surface area contributed by atoms with E-state index in [0.29, 0.717) is 10.6 Å². The zero-order valence-corrected chi connectivity index (χ0v) is 14.2. The van der Waals surface area contributed by atoms with Crippen LogP contribution in [-0.2, 0) is 10.1 Å². The number of halogens is 1. The summed E-state index contributed by atoms with van der Waals surface area (Å²) in [6.07, 6.45) is 0. The molecule has 3 nitrogen and oxygen atoms in total. The van der Waals surface area contributed by atoms with Crippen molar-refractivity contribution in [3.63, 3.8) is 0 Å². The van der Waals surface area contributed by atoms with Crippen molar-refractivity contribution in [1.29, 1.82) is 0 Å². The van der Waals surface area contributed by atoms with Crippen molar-refractivity contribution in [2.45, 2.75) is 11.1 Å². The maximum absolute atomic E-state index is 10.9. The van der Waals surface area contributed by atoms with Gasteiger partial charge in [0.15, 0.2) is 0 Å². The third-order valence-corrected chi connectivity index (χ3v) is 5.01. The summed E-state index contributed by atoms with van der Waals surface area (Å²) in [6, 6.07) is 5.04. The molecule has 0 fully saturated rings. The molecule has 0 unspecified atom stereocenters. The zero-order valence-electron chi connectivity index (χ0n) is 8.65. The van der Waals surface area contributed by atoms with E-state index < -0.39 is 10.1 Å². The Hall–Kier alpha value is 1.02. The molecule has 0 amide bonds. The molecule has 0 saturated carbocycles. The minimum absolute atomic E-state index is 0. The second-order valence-corrected chi connectivity index (χ2v) is 6.17. The van der Waals surface area contributed by atoms with Crippen molar-refractivity contribution in [2.75, 3.05) is 0 Å². The van der Waals surface area contributed by atoms with Crippen molar-refractivity contribution in [3.8, 4) is 0 Å². The van der Waals surface area contributed by atoms with E-state index in [-0.39, 0.29) is 55.6 Å². The van der Waals surface area contributed by atoms with Gasteiger partial charge in [0.25, 0.3) is 0 Å². The largest absolute Gasteiger partial charge is 1.00 e. The Balaban J connectivity index is 0.00000128. The Morgan fingerprint density at radius 1 is 1.38 bits per heavy atom. The number of benzene rings is 1. The first-order valence-corrected chi connectivity index (χ1v) is 6.64. The van der Waals surface area contributed by atoms with Gasteiger partial charge in [-0.1, -0.05) is 11.6 Å². The summed E-state index contributed by atoms with van der Waals surface area (Å²) in [7, 11) is -4.38. The summed E-state index contributed by atoms with van der Waals surface area (Å²) in [5.74, 6) is 0. The zero-order chi connectivity index (χ0) is 11.2. The molecule has 1 heterocycles.